The van der Waals surface area contributed by atoms with Crippen molar-refractivity contribution in [1.29, 1.82) is 0 Å². The molecule has 0 bridgehead atoms. The highest BCUT2D eigenvalue weighted by Gasteiger charge is 2.09. The molecule has 6 nitrogen and oxygen atoms in total. The maximum Gasteiger partial charge on any atom is 0.191 e. The molecule has 2 aromatic rings. The van der Waals surface area contributed by atoms with Crippen LogP contribution in [0.1, 0.15) is 12.5 Å². The molecule has 130 valence electrons. The molecule has 1 heterocycles. The molecule has 0 fully saturated rings. The molecule has 1 aromatic carbocycles. The van der Waals surface area contributed by atoms with E-state index in [4.69, 9.17) is 9.47 Å². The summed E-state index contributed by atoms with van der Waals surface area (Å²) in [5, 5.41) is 6.60. The second kappa shape index (κ2) is 9.50. The van der Waals surface area contributed by atoms with Gasteiger partial charge in [0.05, 0.1) is 20.8 Å². The molecule has 0 aliphatic carbocycles. The molecule has 0 saturated carbocycles. The first-order chi connectivity index (χ1) is 11.8. The Balaban J connectivity index is 1.99. The van der Waals surface area contributed by atoms with Crippen LogP contribution in [-0.4, -0.2) is 37.8 Å². The number of para-hydroxylation sites is 1. The Bertz CT molecular complexity index is 638. The lowest BCUT2D eigenvalue weighted by Crippen LogP contribution is -2.38. The number of nitrogens with one attached hydrogen (secondary N) is 2. The average Bonchev–Trinajstić information content (AvgIpc) is 3.12. The van der Waals surface area contributed by atoms with Gasteiger partial charge >= 0.3 is 0 Å². The standard InChI is InChI=1S/C18H26N4O2/c1-4-19-18(20-10-13-22-11-5-6-12-22)21-14-15-8-7-9-16(23-2)17(15)24-3/h5-9,11-12H,4,10,13-14H2,1-3H3,(H2,19,20,21). The Morgan fingerprint density at radius 2 is 1.88 bits per heavy atom. The van der Waals surface area contributed by atoms with Crippen LogP contribution in [-0.2, 0) is 13.1 Å². The monoisotopic (exact) mass is 330 g/mol. The molecule has 0 atom stereocenters. The number of aromatic nitrogens is 1. The number of benzene rings is 1. The lowest BCUT2D eigenvalue weighted by molar-refractivity contribution is 0.352. The van der Waals surface area contributed by atoms with E-state index in [9.17, 15) is 0 Å². The minimum atomic E-state index is 0.513. The summed E-state index contributed by atoms with van der Waals surface area (Å²) in [5.74, 6) is 2.23. The van der Waals surface area contributed by atoms with Crippen molar-refractivity contribution in [2.75, 3.05) is 27.3 Å². The third kappa shape index (κ3) is 4.94. The maximum atomic E-state index is 5.45. The zero-order chi connectivity index (χ0) is 17.2. The SMILES string of the molecule is CCNC(=NCc1cccc(OC)c1OC)NCCn1cccc1. The number of methoxy groups -OCH3 is 2. The highest BCUT2D eigenvalue weighted by molar-refractivity contribution is 5.79. The number of nitrogens with zero attached hydrogens (tertiary/aromatic N) is 2. The summed E-state index contributed by atoms with van der Waals surface area (Å²) in [6.07, 6.45) is 4.10. The molecule has 0 radical (unpaired) electrons. The minimum Gasteiger partial charge on any atom is -0.493 e. The Morgan fingerprint density at radius 3 is 2.54 bits per heavy atom. The van der Waals surface area contributed by atoms with Crippen LogP contribution in [0.15, 0.2) is 47.7 Å². The molecule has 2 rings (SSSR count). The lowest BCUT2D eigenvalue weighted by atomic mass is 10.2. The lowest BCUT2D eigenvalue weighted by Gasteiger charge is -2.14. The van der Waals surface area contributed by atoms with E-state index in [1.165, 1.54) is 0 Å². The van der Waals surface area contributed by atoms with Crippen molar-refractivity contribution in [3.05, 3.63) is 48.3 Å². The Labute approximate surface area is 143 Å². The van der Waals surface area contributed by atoms with Crippen molar-refractivity contribution in [3.8, 4) is 11.5 Å². The first-order valence-electron chi connectivity index (χ1n) is 8.11. The number of ether oxygens (including phenoxy) is 2. The van der Waals surface area contributed by atoms with Crippen LogP contribution >= 0.6 is 0 Å². The van der Waals surface area contributed by atoms with Crippen LogP contribution in [0, 0.1) is 0 Å². The molecule has 1 aromatic heterocycles. The minimum absolute atomic E-state index is 0.513. The Hall–Kier alpha value is -2.63. The average molecular weight is 330 g/mol. The largest absolute Gasteiger partial charge is 0.493 e. The molecule has 2 N–H and O–H groups in total. The van der Waals surface area contributed by atoms with Crippen LogP contribution in [0.3, 0.4) is 0 Å². The van der Waals surface area contributed by atoms with E-state index in [-0.39, 0.29) is 0 Å². The van der Waals surface area contributed by atoms with Crippen molar-refractivity contribution < 1.29 is 9.47 Å². The third-order valence-corrected chi connectivity index (χ3v) is 3.56. The van der Waals surface area contributed by atoms with E-state index >= 15 is 0 Å². The van der Waals surface area contributed by atoms with Gasteiger partial charge in [-0.05, 0) is 25.1 Å². The van der Waals surface area contributed by atoms with E-state index < -0.39 is 0 Å². The molecular formula is C18H26N4O2. The molecule has 0 spiro atoms. The highest BCUT2D eigenvalue weighted by Crippen LogP contribution is 2.30. The zero-order valence-corrected chi connectivity index (χ0v) is 14.6. The summed E-state index contributed by atoms with van der Waals surface area (Å²) in [7, 11) is 3.28. The van der Waals surface area contributed by atoms with Gasteiger partial charge in [-0.2, -0.15) is 0 Å². The third-order valence-electron chi connectivity index (χ3n) is 3.56. The second-order valence-corrected chi connectivity index (χ2v) is 5.20. The number of rotatable bonds is 8. The van der Waals surface area contributed by atoms with Gasteiger partial charge in [-0.3, -0.25) is 0 Å². The molecule has 0 aliphatic rings. The van der Waals surface area contributed by atoms with Crippen molar-refractivity contribution >= 4 is 5.96 Å². The smallest absolute Gasteiger partial charge is 0.191 e. The fourth-order valence-electron chi connectivity index (χ4n) is 2.41. The predicted molar refractivity (Wildman–Crippen MR) is 96.8 cm³/mol. The molecule has 0 aliphatic heterocycles. The fraction of sp³-hybridized carbons (Fsp3) is 0.389. The van der Waals surface area contributed by atoms with Gasteiger partial charge in [-0.25, -0.2) is 4.99 Å². The first kappa shape index (κ1) is 17.7. The van der Waals surface area contributed by atoms with Crippen molar-refractivity contribution in [3.63, 3.8) is 0 Å². The molecule has 24 heavy (non-hydrogen) atoms. The van der Waals surface area contributed by atoms with Gasteiger partial charge in [0.2, 0.25) is 0 Å². The Kier molecular flexibility index (Phi) is 7.01. The van der Waals surface area contributed by atoms with Crippen molar-refractivity contribution in [2.45, 2.75) is 20.0 Å². The summed E-state index contributed by atoms with van der Waals surface area (Å²) in [5.41, 5.74) is 0.986. The van der Waals surface area contributed by atoms with E-state index in [1.807, 2.05) is 42.7 Å². The molecule has 0 unspecified atom stereocenters. The quantitative estimate of drug-likeness (QED) is 0.576. The summed E-state index contributed by atoms with van der Waals surface area (Å²) in [6, 6.07) is 9.86. The Morgan fingerprint density at radius 1 is 1.08 bits per heavy atom. The number of hydrogen-bond donors (Lipinski definition) is 2. The van der Waals surface area contributed by atoms with Gasteiger partial charge < -0.3 is 24.7 Å². The van der Waals surface area contributed by atoms with Gasteiger partial charge in [0.15, 0.2) is 17.5 Å². The maximum absolute atomic E-state index is 5.45. The fourth-order valence-corrected chi connectivity index (χ4v) is 2.41. The van der Waals surface area contributed by atoms with Crippen LogP contribution in [0.2, 0.25) is 0 Å². The van der Waals surface area contributed by atoms with E-state index in [1.54, 1.807) is 14.2 Å². The first-order valence-corrected chi connectivity index (χ1v) is 8.11. The number of hydrogen-bond acceptors (Lipinski definition) is 3. The van der Waals surface area contributed by atoms with E-state index in [0.717, 1.165) is 42.7 Å². The van der Waals surface area contributed by atoms with Gasteiger partial charge in [0, 0.05) is 37.6 Å². The highest BCUT2D eigenvalue weighted by atomic mass is 16.5. The van der Waals surface area contributed by atoms with Gasteiger partial charge in [0.25, 0.3) is 0 Å². The second-order valence-electron chi connectivity index (χ2n) is 5.20. The number of aliphatic imine (C=N–C) groups is 1. The van der Waals surface area contributed by atoms with Crippen LogP contribution in [0.25, 0.3) is 0 Å². The number of guanidine groups is 1. The van der Waals surface area contributed by atoms with Crippen molar-refractivity contribution in [1.82, 2.24) is 15.2 Å². The van der Waals surface area contributed by atoms with Gasteiger partial charge in [-0.1, -0.05) is 12.1 Å². The van der Waals surface area contributed by atoms with E-state index in [0.29, 0.717) is 6.54 Å². The van der Waals surface area contributed by atoms with Gasteiger partial charge in [0.1, 0.15) is 0 Å². The summed E-state index contributed by atoms with van der Waals surface area (Å²) in [6.45, 7) is 5.06. The molecule has 6 heteroatoms. The van der Waals surface area contributed by atoms with Crippen molar-refractivity contribution in [2.24, 2.45) is 4.99 Å². The topological polar surface area (TPSA) is 59.8 Å². The van der Waals surface area contributed by atoms with Crippen LogP contribution in [0.5, 0.6) is 11.5 Å². The molecule has 0 amide bonds. The normalized spacial score (nSPS) is 11.2. The van der Waals surface area contributed by atoms with Crippen LogP contribution in [0.4, 0.5) is 0 Å². The van der Waals surface area contributed by atoms with Gasteiger partial charge in [-0.15, -0.1) is 0 Å². The summed E-state index contributed by atoms with van der Waals surface area (Å²) < 4.78 is 12.9. The molecule has 0 saturated heterocycles. The summed E-state index contributed by atoms with van der Waals surface area (Å²) >= 11 is 0. The summed E-state index contributed by atoms with van der Waals surface area (Å²) in [4.78, 5) is 4.64. The van der Waals surface area contributed by atoms with Crippen LogP contribution < -0.4 is 20.1 Å². The molecular weight excluding hydrogens is 304 g/mol. The predicted octanol–water partition coefficient (Wildman–Crippen LogP) is 2.26. The zero-order valence-electron chi connectivity index (χ0n) is 14.6. The van der Waals surface area contributed by atoms with E-state index in [2.05, 4.69) is 27.1 Å².